The summed E-state index contributed by atoms with van der Waals surface area (Å²) in [5, 5.41) is 10.1. The number of aromatic nitrogens is 2. The van der Waals surface area contributed by atoms with Crippen molar-refractivity contribution in [3.8, 4) is 0 Å². The molecular weight excluding hydrogens is 243 g/mol. The quantitative estimate of drug-likeness (QED) is 0.900. The molecule has 0 saturated heterocycles. The van der Waals surface area contributed by atoms with Crippen LogP contribution < -0.4 is 0 Å². The fourth-order valence-electron chi connectivity index (χ4n) is 2.73. The molecule has 1 N–H and O–H groups in total. The van der Waals surface area contributed by atoms with Crippen molar-refractivity contribution in [3.63, 3.8) is 0 Å². The monoisotopic (exact) mass is 262 g/mol. The number of rotatable bonds is 2. The van der Waals surface area contributed by atoms with Gasteiger partial charge in [-0.25, -0.2) is 9.37 Å². The Hall–Kier alpha value is -1.42. The molecule has 2 aromatic rings. The standard InChI is InChI=1S/C15H19FN2O/c1-9-17-14-12(16)7-10(15(2,3)19)8-13(14)18(9)11-5-4-6-11/h7-8,11,19H,4-6H2,1-3H3. The van der Waals surface area contributed by atoms with Crippen molar-refractivity contribution < 1.29 is 9.50 Å². The summed E-state index contributed by atoms with van der Waals surface area (Å²) in [6, 6.07) is 3.69. The molecule has 102 valence electrons. The molecule has 1 fully saturated rings. The van der Waals surface area contributed by atoms with Gasteiger partial charge in [0.25, 0.3) is 0 Å². The summed E-state index contributed by atoms with van der Waals surface area (Å²) in [7, 11) is 0. The van der Waals surface area contributed by atoms with E-state index < -0.39 is 5.60 Å². The number of aryl methyl sites for hydroxylation is 1. The second-order valence-corrected chi connectivity index (χ2v) is 6.00. The molecule has 3 nitrogen and oxygen atoms in total. The molecule has 1 aliphatic rings. The van der Waals surface area contributed by atoms with Crippen molar-refractivity contribution in [3.05, 3.63) is 29.3 Å². The van der Waals surface area contributed by atoms with E-state index >= 15 is 0 Å². The molecule has 1 aromatic heterocycles. The Morgan fingerprint density at radius 3 is 2.58 bits per heavy atom. The molecule has 4 heteroatoms. The normalized spacial score (nSPS) is 16.9. The predicted molar refractivity (Wildman–Crippen MR) is 72.6 cm³/mol. The molecule has 0 radical (unpaired) electrons. The molecule has 1 heterocycles. The second-order valence-electron chi connectivity index (χ2n) is 6.00. The summed E-state index contributed by atoms with van der Waals surface area (Å²) < 4.78 is 16.3. The highest BCUT2D eigenvalue weighted by Gasteiger charge is 2.26. The van der Waals surface area contributed by atoms with Crippen LogP contribution in [0.3, 0.4) is 0 Å². The minimum absolute atomic E-state index is 0.351. The Balaban J connectivity index is 2.26. The maximum atomic E-state index is 14.2. The number of halogens is 1. The van der Waals surface area contributed by atoms with Gasteiger partial charge in [0.15, 0.2) is 5.82 Å². The first-order chi connectivity index (χ1) is 8.88. The van der Waals surface area contributed by atoms with Crippen LogP contribution in [0.1, 0.15) is 50.5 Å². The van der Waals surface area contributed by atoms with E-state index in [2.05, 4.69) is 9.55 Å². The highest BCUT2D eigenvalue weighted by molar-refractivity contribution is 5.78. The van der Waals surface area contributed by atoms with Crippen molar-refractivity contribution >= 4 is 11.0 Å². The highest BCUT2D eigenvalue weighted by Crippen LogP contribution is 2.37. The zero-order valence-electron chi connectivity index (χ0n) is 11.6. The van der Waals surface area contributed by atoms with Crippen molar-refractivity contribution in [2.75, 3.05) is 0 Å². The minimum atomic E-state index is -1.04. The third-order valence-electron chi connectivity index (χ3n) is 4.07. The number of imidazole rings is 1. The molecule has 0 atom stereocenters. The van der Waals surface area contributed by atoms with Crippen LogP contribution in [0, 0.1) is 12.7 Å². The Labute approximate surface area is 112 Å². The Bertz CT molecular complexity index is 636. The fourth-order valence-corrected chi connectivity index (χ4v) is 2.73. The first-order valence-electron chi connectivity index (χ1n) is 6.79. The Kier molecular flexibility index (Phi) is 2.68. The molecule has 0 spiro atoms. The second kappa shape index (κ2) is 4.04. The van der Waals surface area contributed by atoms with Gasteiger partial charge in [0.1, 0.15) is 11.3 Å². The molecule has 1 aliphatic carbocycles. The van der Waals surface area contributed by atoms with Crippen molar-refractivity contribution in [2.24, 2.45) is 0 Å². The lowest BCUT2D eigenvalue weighted by Gasteiger charge is -2.29. The van der Waals surface area contributed by atoms with Crippen LogP contribution in [0.15, 0.2) is 12.1 Å². The van der Waals surface area contributed by atoms with Crippen LogP contribution in [0.2, 0.25) is 0 Å². The topological polar surface area (TPSA) is 38.1 Å². The van der Waals surface area contributed by atoms with Gasteiger partial charge in [-0.2, -0.15) is 0 Å². The lowest BCUT2D eigenvalue weighted by Crippen LogP contribution is -2.19. The van der Waals surface area contributed by atoms with E-state index in [1.165, 1.54) is 12.5 Å². The van der Waals surface area contributed by atoms with E-state index in [1.54, 1.807) is 13.8 Å². The number of hydrogen-bond acceptors (Lipinski definition) is 2. The van der Waals surface area contributed by atoms with E-state index in [1.807, 2.05) is 13.0 Å². The molecule has 1 aromatic carbocycles. The lowest BCUT2D eigenvalue weighted by atomic mass is 9.92. The molecule has 0 amide bonds. The van der Waals surface area contributed by atoms with Crippen LogP contribution in [0.5, 0.6) is 0 Å². The summed E-state index contributed by atoms with van der Waals surface area (Å²) in [5.74, 6) is 0.502. The van der Waals surface area contributed by atoms with Crippen LogP contribution in [0.25, 0.3) is 11.0 Å². The van der Waals surface area contributed by atoms with Gasteiger partial charge in [-0.3, -0.25) is 0 Å². The third kappa shape index (κ3) is 1.94. The van der Waals surface area contributed by atoms with E-state index in [4.69, 9.17) is 0 Å². The van der Waals surface area contributed by atoms with Crippen molar-refractivity contribution in [1.82, 2.24) is 9.55 Å². The molecule has 19 heavy (non-hydrogen) atoms. The van der Waals surface area contributed by atoms with Crippen molar-refractivity contribution in [2.45, 2.75) is 51.7 Å². The maximum absolute atomic E-state index is 14.2. The van der Waals surface area contributed by atoms with E-state index in [0.29, 0.717) is 17.1 Å². The molecule has 0 bridgehead atoms. The zero-order valence-corrected chi connectivity index (χ0v) is 11.6. The van der Waals surface area contributed by atoms with Gasteiger partial charge in [0.05, 0.1) is 11.1 Å². The van der Waals surface area contributed by atoms with Gasteiger partial charge in [-0.1, -0.05) is 0 Å². The zero-order chi connectivity index (χ0) is 13.8. The van der Waals surface area contributed by atoms with Crippen LogP contribution >= 0.6 is 0 Å². The lowest BCUT2D eigenvalue weighted by molar-refractivity contribution is 0.0783. The number of aliphatic hydroxyl groups is 1. The minimum Gasteiger partial charge on any atom is -0.386 e. The van der Waals surface area contributed by atoms with Crippen molar-refractivity contribution in [1.29, 1.82) is 0 Å². The fraction of sp³-hybridized carbons (Fsp3) is 0.533. The average molecular weight is 262 g/mol. The van der Waals surface area contributed by atoms with E-state index in [-0.39, 0.29) is 5.82 Å². The van der Waals surface area contributed by atoms with E-state index in [9.17, 15) is 9.50 Å². The number of hydrogen-bond donors (Lipinski definition) is 1. The molecule has 3 rings (SSSR count). The maximum Gasteiger partial charge on any atom is 0.151 e. The Morgan fingerprint density at radius 2 is 2.05 bits per heavy atom. The molecule has 0 aliphatic heterocycles. The van der Waals surface area contributed by atoms with Gasteiger partial charge in [-0.05, 0) is 57.7 Å². The number of benzene rings is 1. The molecular formula is C15H19FN2O. The first kappa shape index (κ1) is 12.6. The van der Waals surface area contributed by atoms with Crippen LogP contribution in [-0.4, -0.2) is 14.7 Å². The van der Waals surface area contributed by atoms with Gasteiger partial charge in [0.2, 0.25) is 0 Å². The summed E-state index contributed by atoms with van der Waals surface area (Å²) in [4.78, 5) is 4.35. The predicted octanol–water partition coefficient (Wildman–Crippen LogP) is 3.44. The average Bonchev–Trinajstić information content (AvgIpc) is 2.54. The van der Waals surface area contributed by atoms with Gasteiger partial charge in [-0.15, -0.1) is 0 Å². The largest absolute Gasteiger partial charge is 0.386 e. The summed E-state index contributed by atoms with van der Waals surface area (Å²) >= 11 is 0. The van der Waals surface area contributed by atoms with Gasteiger partial charge >= 0.3 is 0 Å². The van der Waals surface area contributed by atoms with Crippen LogP contribution in [-0.2, 0) is 5.60 Å². The molecule has 1 saturated carbocycles. The highest BCUT2D eigenvalue weighted by atomic mass is 19.1. The SMILES string of the molecule is Cc1nc2c(F)cc(C(C)(C)O)cc2n1C1CCC1. The smallest absolute Gasteiger partial charge is 0.151 e. The molecule has 0 unspecified atom stereocenters. The number of fused-ring (bicyclic) bond motifs is 1. The summed E-state index contributed by atoms with van der Waals surface area (Å²) in [6.45, 7) is 5.26. The van der Waals surface area contributed by atoms with Gasteiger partial charge in [0, 0.05) is 6.04 Å². The third-order valence-corrected chi connectivity index (χ3v) is 4.07. The summed E-state index contributed by atoms with van der Waals surface area (Å²) in [5.41, 5.74) is 0.771. The first-order valence-corrected chi connectivity index (χ1v) is 6.79. The Morgan fingerprint density at radius 1 is 1.37 bits per heavy atom. The summed E-state index contributed by atoms with van der Waals surface area (Å²) in [6.07, 6.45) is 3.47. The van der Waals surface area contributed by atoms with E-state index in [0.717, 1.165) is 24.2 Å². The van der Waals surface area contributed by atoms with Crippen LogP contribution in [0.4, 0.5) is 4.39 Å². The van der Waals surface area contributed by atoms with Gasteiger partial charge < -0.3 is 9.67 Å². The number of nitrogens with zero attached hydrogens (tertiary/aromatic N) is 2.